The normalized spacial score (nSPS) is 10.4. The highest BCUT2D eigenvalue weighted by Crippen LogP contribution is 2.25. The molecule has 0 spiro atoms. The molecule has 0 bridgehead atoms. The van der Waals surface area contributed by atoms with Gasteiger partial charge in [0.1, 0.15) is 5.76 Å². The summed E-state index contributed by atoms with van der Waals surface area (Å²) >= 11 is 6.00. The van der Waals surface area contributed by atoms with Crippen LogP contribution in [0.1, 0.15) is 16.1 Å². The first-order chi connectivity index (χ1) is 13.8. The molecule has 148 valence electrons. The van der Waals surface area contributed by atoms with Crippen molar-refractivity contribution >= 4 is 34.9 Å². The Morgan fingerprint density at radius 1 is 1.14 bits per heavy atom. The molecule has 0 unspecified atom stereocenters. The Morgan fingerprint density at radius 3 is 2.55 bits per heavy atom. The van der Waals surface area contributed by atoms with Crippen LogP contribution < -0.4 is 5.32 Å². The number of carbonyl (C=O) groups excluding carboxylic acids is 2. The molecule has 2 aromatic carbocycles. The fraction of sp³-hybridized carbons (Fsp3) is 0.100. The summed E-state index contributed by atoms with van der Waals surface area (Å²) in [5.74, 6) is -1.09. The fourth-order valence-corrected chi connectivity index (χ4v) is 2.66. The maximum Gasteiger partial charge on any atom is 0.374 e. The number of carbonyl (C=O) groups is 2. The van der Waals surface area contributed by atoms with Crippen LogP contribution in [-0.2, 0) is 9.53 Å². The van der Waals surface area contributed by atoms with Gasteiger partial charge in [0.05, 0.1) is 4.92 Å². The van der Waals surface area contributed by atoms with Crippen molar-refractivity contribution in [3.8, 4) is 11.3 Å². The number of furan rings is 1. The van der Waals surface area contributed by atoms with Gasteiger partial charge < -0.3 is 14.5 Å². The molecular weight excluding hydrogens is 400 g/mol. The van der Waals surface area contributed by atoms with Crippen molar-refractivity contribution in [3.63, 3.8) is 0 Å². The van der Waals surface area contributed by atoms with E-state index in [4.69, 9.17) is 20.8 Å². The van der Waals surface area contributed by atoms with Crippen LogP contribution >= 0.6 is 11.6 Å². The molecule has 0 fully saturated rings. The molecule has 8 nitrogen and oxygen atoms in total. The number of nitro benzene ring substituents is 1. The highest BCUT2D eigenvalue weighted by Gasteiger charge is 2.16. The molecule has 0 aliphatic heterocycles. The number of nitro groups is 1. The van der Waals surface area contributed by atoms with Crippen molar-refractivity contribution in [2.24, 2.45) is 0 Å². The summed E-state index contributed by atoms with van der Waals surface area (Å²) in [6.07, 6.45) is 0. The van der Waals surface area contributed by atoms with Crippen molar-refractivity contribution in [2.75, 3.05) is 11.9 Å². The molecule has 1 amide bonds. The standard InChI is InChI=1S/C20H15ClN2O6/c1-12-15(21)3-2-4-16(12)22-19(24)11-28-20(25)18-10-9-17(29-18)13-5-7-14(8-6-13)23(26)27/h2-10H,11H2,1H3,(H,22,24). The SMILES string of the molecule is Cc1c(Cl)cccc1NC(=O)COC(=O)c1ccc(-c2ccc([N+](=O)[O-])cc2)o1. The van der Waals surface area contributed by atoms with Gasteiger partial charge in [-0.1, -0.05) is 17.7 Å². The maximum absolute atomic E-state index is 12.1. The van der Waals surface area contributed by atoms with Crippen LogP contribution in [0.3, 0.4) is 0 Å². The van der Waals surface area contributed by atoms with Crippen molar-refractivity contribution in [1.29, 1.82) is 0 Å². The van der Waals surface area contributed by atoms with Gasteiger partial charge in [-0.15, -0.1) is 0 Å². The number of ether oxygens (including phenoxy) is 1. The second-order valence-electron chi connectivity index (χ2n) is 6.00. The molecule has 3 rings (SSSR count). The number of rotatable bonds is 6. The van der Waals surface area contributed by atoms with Gasteiger partial charge in [0.15, 0.2) is 6.61 Å². The molecular formula is C20H15ClN2O6. The zero-order chi connectivity index (χ0) is 21.0. The van der Waals surface area contributed by atoms with Gasteiger partial charge in [0, 0.05) is 28.4 Å². The third-order valence-electron chi connectivity index (χ3n) is 4.05. The Labute approximate surface area is 170 Å². The fourth-order valence-electron chi connectivity index (χ4n) is 2.48. The Hall–Kier alpha value is -3.65. The number of benzene rings is 2. The highest BCUT2D eigenvalue weighted by molar-refractivity contribution is 6.31. The number of hydrogen-bond donors (Lipinski definition) is 1. The van der Waals surface area contributed by atoms with Gasteiger partial charge in [-0.3, -0.25) is 14.9 Å². The van der Waals surface area contributed by atoms with Crippen LogP contribution in [-0.4, -0.2) is 23.4 Å². The third-order valence-corrected chi connectivity index (χ3v) is 4.46. The van der Waals surface area contributed by atoms with Crippen molar-refractivity contribution in [3.05, 3.63) is 81.1 Å². The van der Waals surface area contributed by atoms with Gasteiger partial charge in [-0.2, -0.15) is 0 Å². The monoisotopic (exact) mass is 414 g/mol. The molecule has 9 heteroatoms. The largest absolute Gasteiger partial charge is 0.450 e. The second-order valence-corrected chi connectivity index (χ2v) is 6.41. The lowest BCUT2D eigenvalue weighted by Crippen LogP contribution is -2.21. The van der Waals surface area contributed by atoms with Crippen LogP contribution in [0.2, 0.25) is 5.02 Å². The third kappa shape index (κ3) is 4.80. The number of nitrogens with one attached hydrogen (secondary N) is 1. The molecule has 1 aromatic heterocycles. The number of anilines is 1. The Morgan fingerprint density at radius 2 is 1.86 bits per heavy atom. The minimum absolute atomic E-state index is 0.0547. The lowest BCUT2D eigenvalue weighted by atomic mass is 10.1. The minimum atomic E-state index is -0.809. The summed E-state index contributed by atoms with van der Waals surface area (Å²) in [4.78, 5) is 34.3. The number of nitrogens with zero attached hydrogens (tertiary/aromatic N) is 1. The Balaban J connectivity index is 1.59. The van der Waals surface area contributed by atoms with E-state index in [1.54, 1.807) is 25.1 Å². The molecule has 0 radical (unpaired) electrons. The molecule has 3 aromatic rings. The molecule has 0 saturated carbocycles. The van der Waals surface area contributed by atoms with E-state index in [0.29, 0.717) is 27.6 Å². The van der Waals surface area contributed by atoms with Crippen LogP contribution in [0.15, 0.2) is 59.0 Å². The van der Waals surface area contributed by atoms with Crippen LogP contribution in [0.5, 0.6) is 0 Å². The summed E-state index contributed by atoms with van der Waals surface area (Å²) < 4.78 is 10.4. The average Bonchev–Trinajstić information content (AvgIpc) is 3.20. The zero-order valence-corrected chi connectivity index (χ0v) is 15.9. The number of amides is 1. The van der Waals surface area contributed by atoms with Gasteiger partial charge >= 0.3 is 5.97 Å². The van der Waals surface area contributed by atoms with Gasteiger partial charge in [-0.25, -0.2) is 4.79 Å². The first-order valence-corrected chi connectivity index (χ1v) is 8.79. The van der Waals surface area contributed by atoms with Gasteiger partial charge in [0.2, 0.25) is 5.76 Å². The van der Waals surface area contributed by atoms with E-state index in [-0.39, 0.29) is 11.4 Å². The Kier molecular flexibility index (Phi) is 5.94. The van der Waals surface area contributed by atoms with E-state index >= 15 is 0 Å². The second kappa shape index (κ2) is 8.57. The van der Waals surface area contributed by atoms with E-state index in [2.05, 4.69) is 5.32 Å². The molecule has 0 aliphatic carbocycles. The van der Waals surface area contributed by atoms with E-state index < -0.39 is 23.4 Å². The minimum Gasteiger partial charge on any atom is -0.450 e. The van der Waals surface area contributed by atoms with Crippen molar-refractivity contribution in [1.82, 2.24) is 0 Å². The van der Waals surface area contributed by atoms with Crippen LogP contribution in [0.25, 0.3) is 11.3 Å². The average molecular weight is 415 g/mol. The lowest BCUT2D eigenvalue weighted by molar-refractivity contribution is -0.384. The van der Waals surface area contributed by atoms with Crippen LogP contribution in [0, 0.1) is 17.0 Å². The van der Waals surface area contributed by atoms with Crippen molar-refractivity contribution in [2.45, 2.75) is 6.92 Å². The predicted octanol–water partition coefficient (Wildman–Crippen LogP) is 4.61. The lowest BCUT2D eigenvalue weighted by Gasteiger charge is -2.09. The van der Waals surface area contributed by atoms with Crippen molar-refractivity contribution < 1.29 is 23.7 Å². The molecule has 1 N–H and O–H groups in total. The number of halogens is 1. The van der Waals surface area contributed by atoms with E-state index in [9.17, 15) is 19.7 Å². The zero-order valence-electron chi connectivity index (χ0n) is 15.2. The molecule has 29 heavy (non-hydrogen) atoms. The molecule has 0 atom stereocenters. The predicted molar refractivity (Wildman–Crippen MR) is 106 cm³/mol. The summed E-state index contributed by atoms with van der Waals surface area (Å²) in [5.41, 5.74) is 1.73. The number of esters is 1. The summed E-state index contributed by atoms with van der Waals surface area (Å²) in [6.45, 7) is 1.25. The summed E-state index contributed by atoms with van der Waals surface area (Å²) in [5, 5.41) is 13.8. The van der Waals surface area contributed by atoms with Crippen LogP contribution in [0.4, 0.5) is 11.4 Å². The quantitative estimate of drug-likeness (QED) is 0.358. The maximum atomic E-state index is 12.1. The molecule has 1 heterocycles. The first-order valence-electron chi connectivity index (χ1n) is 8.42. The summed E-state index contributed by atoms with van der Waals surface area (Å²) in [6, 6.07) is 13.7. The smallest absolute Gasteiger partial charge is 0.374 e. The van der Waals surface area contributed by atoms with E-state index in [1.807, 2.05) is 0 Å². The van der Waals surface area contributed by atoms with E-state index in [1.165, 1.54) is 36.4 Å². The van der Waals surface area contributed by atoms with Gasteiger partial charge in [-0.05, 0) is 48.9 Å². The first kappa shape index (κ1) is 20.1. The highest BCUT2D eigenvalue weighted by atomic mass is 35.5. The summed E-state index contributed by atoms with van der Waals surface area (Å²) in [7, 11) is 0. The van der Waals surface area contributed by atoms with Gasteiger partial charge in [0.25, 0.3) is 11.6 Å². The Bertz CT molecular complexity index is 1070. The van der Waals surface area contributed by atoms with E-state index in [0.717, 1.165) is 0 Å². The number of hydrogen-bond acceptors (Lipinski definition) is 6. The molecule has 0 aliphatic rings. The topological polar surface area (TPSA) is 112 Å². The number of non-ortho nitro benzene ring substituents is 1. The molecule has 0 saturated heterocycles.